The third-order valence-electron chi connectivity index (χ3n) is 10.7. The molecular weight excluding hydrogens is 378 g/mol. The number of benzene rings is 1. The molecule has 0 N–H and O–H groups in total. The zero-order valence-corrected chi connectivity index (χ0v) is 20.7. The van der Waals surface area contributed by atoms with Crippen LogP contribution in [0.2, 0.25) is 0 Å². The van der Waals surface area contributed by atoms with Crippen LogP contribution >= 0.6 is 0 Å². The van der Waals surface area contributed by atoms with Gasteiger partial charge in [0.05, 0.1) is 0 Å². The van der Waals surface area contributed by atoms with Gasteiger partial charge in [0, 0.05) is 19.5 Å². The quantitative estimate of drug-likeness (QED) is 0.481. The second-order valence-electron chi connectivity index (χ2n) is 13.0. The van der Waals surface area contributed by atoms with Crippen molar-refractivity contribution in [2.45, 2.75) is 103 Å². The summed E-state index contributed by atoms with van der Waals surface area (Å²) in [6.45, 7) is 12.1. The van der Waals surface area contributed by atoms with Crippen LogP contribution in [0, 0.1) is 28.6 Å². The van der Waals surface area contributed by atoms with Crippen molar-refractivity contribution in [2.24, 2.45) is 28.6 Å². The topological polar surface area (TPSA) is 20.3 Å². The number of nitrogens with zero attached hydrogens (tertiary/aromatic N) is 1. The molecule has 0 bridgehead atoms. The Bertz CT molecular complexity index is 850. The van der Waals surface area contributed by atoms with E-state index in [4.69, 9.17) is 0 Å². The standard InChI is InChI=1S/C29H43NO/c1-27(2,3)20-9-7-19(8-10-20)22-12-13-23-21-11-14-25-29(5,18-16-26(31)30(25)6)24(21)15-17-28(22,23)4/h7-10,21-25H,11-18H2,1-6H3/t21-,22?,23-,24+,25?,28+,29+/m0/s1. The van der Waals surface area contributed by atoms with Crippen molar-refractivity contribution in [1.82, 2.24) is 4.90 Å². The summed E-state index contributed by atoms with van der Waals surface area (Å²) in [7, 11) is 2.07. The maximum absolute atomic E-state index is 12.4. The molecule has 3 saturated carbocycles. The number of rotatable bonds is 1. The lowest BCUT2D eigenvalue weighted by Crippen LogP contribution is -2.61. The highest BCUT2D eigenvalue weighted by molar-refractivity contribution is 5.77. The number of amides is 1. The third kappa shape index (κ3) is 3.14. The van der Waals surface area contributed by atoms with Gasteiger partial charge in [0.15, 0.2) is 0 Å². The maximum Gasteiger partial charge on any atom is 0.222 e. The smallest absolute Gasteiger partial charge is 0.222 e. The van der Waals surface area contributed by atoms with E-state index in [0.29, 0.717) is 28.7 Å². The van der Waals surface area contributed by atoms with Crippen LogP contribution in [0.4, 0.5) is 0 Å². The molecule has 1 aromatic carbocycles. The number of hydrogen-bond donors (Lipinski definition) is 0. The second-order valence-corrected chi connectivity index (χ2v) is 13.0. The van der Waals surface area contributed by atoms with Gasteiger partial charge in [0.2, 0.25) is 5.91 Å². The number of piperidine rings is 1. The predicted octanol–water partition coefficient (Wildman–Crippen LogP) is 6.93. The van der Waals surface area contributed by atoms with Gasteiger partial charge in [-0.15, -0.1) is 0 Å². The Labute approximate surface area is 190 Å². The molecule has 5 rings (SSSR count). The Morgan fingerprint density at radius 2 is 1.55 bits per heavy atom. The van der Waals surface area contributed by atoms with Gasteiger partial charge < -0.3 is 4.90 Å². The Morgan fingerprint density at radius 3 is 2.23 bits per heavy atom. The van der Waals surface area contributed by atoms with Gasteiger partial charge in [-0.2, -0.15) is 0 Å². The minimum absolute atomic E-state index is 0.224. The van der Waals surface area contributed by atoms with Crippen molar-refractivity contribution in [1.29, 1.82) is 0 Å². The van der Waals surface area contributed by atoms with Gasteiger partial charge >= 0.3 is 0 Å². The summed E-state index contributed by atoms with van der Waals surface area (Å²) in [5.74, 6) is 3.62. The average molecular weight is 422 g/mol. The third-order valence-corrected chi connectivity index (χ3v) is 10.7. The van der Waals surface area contributed by atoms with Crippen molar-refractivity contribution >= 4 is 5.91 Å². The lowest BCUT2D eigenvalue weighted by molar-refractivity contribution is -0.157. The zero-order valence-electron chi connectivity index (χ0n) is 20.7. The summed E-state index contributed by atoms with van der Waals surface area (Å²) < 4.78 is 0. The first-order valence-corrected chi connectivity index (χ1v) is 12.9. The van der Waals surface area contributed by atoms with Crippen molar-refractivity contribution in [2.75, 3.05) is 7.05 Å². The molecule has 3 aliphatic carbocycles. The van der Waals surface area contributed by atoms with E-state index in [1.165, 1.54) is 44.1 Å². The molecule has 1 aliphatic heterocycles. The summed E-state index contributed by atoms with van der Waals surface area (Å²) >= 11 is 0. The molecule has 1 saturated heterocycles. The van der Waals surface area contributed by atoms with E-state index in [9.17, 15) is 4.79 Å². The van der Waals surface area contributed by atoms with E-state index >= 15 is 0 Å². The van der Waals surface area contributed by atoms with Crippen molar-refractivity contribution in [3.05, 3.63) is 35.4 Å². The molecule has 170 valence electrons. The summed E-state index contributed by atoms with van der Waals surface area (Å²) in [4.78, 5) is 14.5. The van der Waals surface area contributed by atoms with Crippen molar-refractivity contribution in [3.63, 3.8) is 0 Å². The molecule has 31 heavy (non-hydrogen) atoms. The highest BCUT2D eigenvalue weighted by Gasteiger charge is 2.61. The van der Waals surface area contributed by atoms with Gasteiger partial charge in [0.25, 0.3) is 0 Å². The molecule has 0 aromatic heterocycles. The van der Waals surface area contributed by atoms with E-state index in [0.717, 1.165) is 30.6 Å². The molecule has 4 fully saturated rings. The van der Waals surface area contributed by atoms with E-state index in [1.807, 2.05) is 0 Å². The molecule has 0 spiro atoms. The Kier molecular flexibility index (Phi) is 4.93. The number of likely N-dealkylation sites (tertiary alicyclic amines) is 1. The molecule has 4 aliphatic rings. The van der Waals surface area contributed by atoms with Crippen LogP contribution in [0.3, 0.4) is 0 Å². The number of carbonyl (C=O) groups is 1. The Morgan fingerprint density at radius 1 is 0.871 bits per heavy atom. The molecule has 2 unspecified atom stereocenters. The fourth-order valence-corrected chi connectivity index (χ4v) is 8.91. The van der Waals surface area contributed by atoms with Crippen LogP contribution in [0.1, 0.15) is 103 Å². The van der Waals surface area contributed by atoms with Crippen molar-refractivity contribution in [3.8, 4) is 0 Å². The van der Waals surface area contributed by atoms with Crippen LogP contribution in [-0.2, 0) is 10.2 Å². The zero-order chi connectivity index (χ0) is 22.2. The fourth-order valence-electron chi connectivity index (χ4n) is 8.91. The van der Waals surface area contributed by atoms with Crippen LogP contribution < -0.4 is 0 Å². The lowest BCUT2D eigenvalue weighted by atomic mass is 9.46. The SMILES string of the molecule is CN1C(=O)CC[C@@]2(C)C1CC[C@@H]1[C@H]2CC[C@]2(C)C(c3ccc(C(C)(C)C)cc3)CC[C@@H]12. The van der Waals surface area contributed by atoms with Crippen LogP contribution in [0.15, 0.2) is 24.3 Å². The van der Waals surface area contributed by atoms with Crippen LogP contribution in [0.25, 0.3) is 0 Å². The van der Waals surface area contributed by atoms with Gasteiger partial charge in [0.1, 0.15) is 0 Å². The predicted molar refractivity (Wildman–Crippen MR) is 128 cm³/mol. The summed E-state index contributed by atoms with van der Waals surface area (Å²) in [6.07, 6.45) is 9.92. The summed E-state index contributed by atoms with van der Waals surface area (Å²) in [5, 5.41) is 0. The number of hydrogen-bond acceptors (Lipinski definition) is 1. The summed E-state index contributed by atoms with van der Waals surface area (Å²) in [5.41, 5.74) is 4.03. The van der Waals surface area contributed by atoms with Crippen LogP contribution in [-0.4, -0.2) is 23.9 Å². The first kappa shape index (κ1) is 21.5. The Hall–Kier alpha value is -1.31. The first-order chi connectivity index (χ1) is 14.6. The number of carbonyl (C=O) groups excluding carboxylic acids is 1. The minimum Gasteiger partial charge on any atom is -0.342 e. The first-order valence-electron chi connectivity index (χ1n) is 12.9. The summed E-state index contributed by atoms with van der Waals surface area (Å²) in [6, 6.07) is 10.1. The highest BCUT2D eigenvalue weighted by atomic mass is 16.2. The normalized spacial score (nSPS) is 42.7. The molecule has 2 nitrogen and oxygen atoms in total. The molecular formula is C29H43NO. The molecule has 1 aromatic rings. The van der Waals surface area contributed by atoms with E-state index < -0.39 is 0 Å². The van der Waals surface area contributed by atoms with E-state index in [-0.39, 0.29) is 5.41 Å². The largest absolute Gasteiger partial charge is 0.342 e. The van der Waals surface area contributed by atoms with Gasteiger partial charge in [-0.25, -0.2) is 0 Å². The highest BCUT2D eigenvalue weighted by Crippen LogP contribution is 2.67. The van der Waals surface area contributed by atoms with Crippen LogP contribution in [0.5, 0.6) is 0 Å². The van der Waals surface area contributed by atoms with Gasteiger partial charge in [-0.05, 0) is 96.0 Å². The van der Waals surface area contributed by atoms with E-state index in [2.05, 4.69) is 70.8 Å². The monoisotopic (exact) mass is 421 g/mol. The average Bonchev–Trinajstić information content (AvgIpc) is 3.08. The number of fused-ring (bicyclic) bond motifs is 5. The molecule has 2 heteroatoms. The lowest BCUT2D eigenvalue weighted by Gasteiger charge is -2.61. The molecule has 1 amide bonds. The second kappa shape index (κ2) is 7.09. The maximum atomic E-state index is 12.4. The minimum atomic E-state index is 0.224. The van der Waals surface area contributed by atoms with Crippen molar-refractivity contribution < 1.29 is 4.79 Å². The fraction of sp³-hybridized carbons (Fsp3) is 0.759. The van der Waals surface area contributed by atoms with E-state index in [1.54, 1.807) is 5.56 Å². The molecule has 0 radical (unpaired) electrons. The van der Waals surface area contributed by atoms with Gasteiger partial charge in [-0.3, -0.25) is 4.79 Å². The Balaban J connectivity index is 1.40. The molecule has 7 atom stereocenters. The van der Waals surface area contributed by atoms with Gasteiger partial charge in [-0.1, -0.05) is 58.9 Å². The molecule has 1 heterocycles.